The normalized spacial score (nSPS) is 19.7. The van der Waals surface area contributed by atoms with E-state index in [0.717, 1.165) is 12.5 Å². The molecule has 1 aliphatic heterocycles. The van der Waals surface area contributed by atoms with Crippen molar-refractivity contribution in [2.45, 2.75) is 32.7 Å². The minimum absolute atomic E-state index is 0.466. The van der Waals surface area contributed by atoms with Crippen molar-refractivity contribution < 1.29 is 4.42 Å². The summed E-state index contributed by atoms with van der Waals surface area (Å²) < 4.78 is 5.18. The van der Waals surface area contributed by atoms with Crippen molar-refractivity contribution in [3.05, 3.63) is 24.2 Å². The van der Waals surface area contributed by atoms with E-state index in [4.69, 9.17) is 4.42 Å². The van der Waals surface area contributed by atoms with Crippen molar-refractivity contribution in [3.63, 3.8) is 0 Å². The Balaban J connectivity index is 1.91. The Labute approximate surface area is 104 Å². The molecule has 0 aromatic carbocycles. The van der Waals surface area contributed by atoms with Gasteiger partial charge in [0.1, 0.15) is 0 Å². The summed E-state index contributed by atoms with van der Waals surface area (Å²) in [7, 11) is 0. The monoisotopic (exact) mass is 236 g/mol. The first-order chi connectivity index (χ1) is 8.31. The first-order valence-corrected chi connectivity index (χ1v) is 6.78. The van der Waals surface area contributed by atoms with Crippen LogP contribution in [0.4, 0.5) is 0 Å². The maximum Gasteiger partial charge on any atom is 0.0950 e. The molecule has 3 heteroatoms. The Kier molecular flexibility index (Phi) is 4.63. The van der Waals surface area contributed by atoms with E-state index in [-0.39, 0.29) is 0 Å². The molecule has 2 heterocycles. The van der Waals surface area contributed by atoms with E-state index < -0.39 is 0 Å². The molecule has 2 rings (SSSR count). The number of hydrogen-bond donors (Lipinski definition) is 1. The van der Waals surface area contributed by atoms with Crippen LogP contribution < -0.4 is 5.32 Å². The average Bonchev–Trinajstić information content (AvgIpc) is 2.90. The second kappa shape index (κ2) is 6.22. The molecule has 1 aromatic rings. The van der Waals surface area contributed by atoms with Crippen molar-refractivity contribution in [2.24, 2.45) is 5.92 Å². The van der Waals surface area contributed by atoms with Gasteiger partial charge in [-0.2, -0.15) is 0 Å². The van der Waals surface area contributed by atoms with E-state index >= 15 is 0 Å². The number of nitrogens with one attached hydrogen (secondary N) is 1. The fourth-order valence-electron chi connectivity index (χ4n) is 2.68. The Morgan fingerprint density at radius 1 is 1.47 bits per heavy atom. The predicted octanol–water partition coefficient (Wildman–Crippen LogP) is 2.66. The van der Waals surface area contributed by atoms with E-state index in [1.165, 1.54) is 38.0 Å². The first kappa shape index (κ1) is 12.7. The van der Waals surface area contributed by atoms with Crippen LogP contribution >= 0.6 is 0 Å². The van der Waals surface area contributed by atoms with Crippen LogP contribution in [0.1, 0.15) is 38.3 Å². The van der Waals surface area contributed by atoms with Gasteiger partial charge in [-0.05, 0) is 51.4 Å². The SMILES string of the molecule is CCN(CC1CCNCC1)C(C)c1ccoc1. The van der Waals surface area contributed by atoms with Gasteiger partial charge in [0.15, 0.2) is 0 Å². The lowest BCUT2D eigenvalue weighted by molar-refractivity contribution is 0.168. The van der Waals surface area contributed by atoms with Crippen LogP contribution in [-0.2, 0) is 0 Å². The zero-order valence-corrected chi connectivity index (χ0v) is 11.0. The lowest BCUT2D eigenvalue weighted by Crippen LogP contribution is -2.37. The Hall–Kier alpha value is -0.800. The third-order valence-electron chi connectivity index (χ3n) is 3.93. The lowest BCUT2D eigenvalue weighted by atomic mass is 9.96. The summed E-state index contributed by atoms with van der Waals surface area (Å²) in [5, 5.41) is 3.43. The summed E-state index contributed by atoms with van der Waals surface area (Å²) in [6.45, 7) is 9.21. The molecule has 0 bridgehead atoms. The molecule has 96 valence electrons. The first-order valence-electron chi connectivity index (χ1n) is 6.78. The maximum absolute atomic E-state index is 5.18. The van der Waals surface area contributed by atoms with E-state index in [1.807, 2.05) is 6.26 Å². The van der Waals surface area contributed by atoms with Crippen LogP contribution in [0.2, 0.25) is 0 Å². The maximum atomic E-state index is 5.18. The Morgan fingerprint density at radius 2 is 2.24 bits per heavy atom. The molecule has 3 nitrogen and oxygen atoms in total. The molecule has 1 unspecified atom stereocenters. The molecule has 0 spiro atoms. The van der Waals surface area contributed by atoms with Crippen LogP contribution in [0.3, 0.4) is 0 Å². The van der Waals surface area contributed by atoms with Crippen molar-refractivity contribution in [3.8, 4) is 0 Å². The smallest absolute Gasteiger partial charge is 0.0950 e. The third-order valence-corrected chi connectivity index (χ3v) is 3.93. The fraction of sp³-hybridized carbons (Fsp3) is 0.714. The van der Waals surface area contributed by atoms with Crippen LogP contribution in [0, 0.1) is 5.92 Å². The van der Waals surface area contributed by atoms with Crippen molar-refractivity contribution >= 4 is 0 Å². The molecule has 1 N–H and O–H groups in total. The molecular formula is C14H24N2O. The molecule has 1 saturated heterocycles. The van der Waals surface area contributed by atoms with Gasteiger partial charge in [-0.15, -0.1) is 0 Å². The molecule has 1 aromatic heterocycles. The number of nitrogens with zero attached hydrogens (tertiary/aromatic N) is 1. The van der Waals surface area contributed by atoms with Crippen molar-refractivity contribution in [2.75, 3.05) is 26.2 Å². The van der Waals surface area contributed by atoms with Gasteiger partial charge >= 0.3 is 0 Å². The Bertz CT molecular complexity index is 304. The molecule has 1 fully saturated rings. The molecule has 0 aliphatic carbocycles. The van der Waals surface area contributed by atoms with Crippen LogP contribution in [0.25, 0.3) is 0 Å². The van der Waals surface area contributed by atoms with Gasteiger partial charge in [-0.1, -0.05) is 6.92 Å². The van der Waals surface area contributed by atoms with Gasteiger partial charge in [-0.25, -0.2) is 0 Å². The van der Waals surface area contributed by atoms with Gasteiger partial charge in [0, 0.05) is 18.2 Å². The minimum Gasteiger partial charge on any atom is -0.472 e. The highest BCUT2D eigenvalue weighted by Gasteiger charge is 2.20. The van der Waals surface area contributed by atoms with E-state index in [9.17, 15) is 0 Å². The molecule has 0 amide bonds. The van der Waals surface area contributed by atoms with Crippen LogP contribution in [-0.4, -0.2) is 31.1 Å². The zero-order chi connectivity index (χ0) is 12.1. The van der Waals surface area contributed by atoms with Gasteiger partial charge in [0.2, 0.25) is 0 Å². The highest BCUT2D eigenvalue weighted by atomic mass is 16.3. The number of hydrogen-bond acceptors (Lipinski definition) is 3. The second-order valence-corrected chi connectivity index (χ2v) is 5.01. The number of furan rings is 1. The summed E-state index contributed by atoms with van der Waals surface area (Å²) in [5.74, 6) is 0.852. The molecule has 0 saturated carbocycles. The summed E-state index contributed by atoms with van der Waals surface area (Å²) >= 11 is 0. The lowest BCUT2D eigenvalue weighted by Gasteiger charge is -2.33. The van der Waals surface area contributed by atoms with E-state index in [2.05, 4.69) is 30.1 Å². The quantitative estimate of drug-likeness (QED) is 0.852. The zero-order valence-electron chi connectivity index (χ0n) is 11.0. The highest BCUT2D eigenvalue weighted by Crippen LogP contribution is 2.23. The van der Waals surface area contributed by atoms with Gasteiger partial charge in [0.25, 0.3) is 0 Å². The van der Waals surface area contributed by atoms with Gasteiger partial charge in [-0.3, -0.25) is 4.90 Å². The summed E-state index contributed by atoms with van der Waals surface area (Å²) in [6, 6.07) is 2.55. The topological polar surface area (TPSA) is 28.4 Å². The average molecular weight is 236 g/mol. The predicted molar refractivity (Wildman–Crippen MR) is 70.0 cm³/mol. The van der Waals surface area contributed by atoms with Gasteiger partial charge < -0.3 is 9.73 Å². The molecule has 17 heavy (non-hydrogen) atoms. The largest absolute Gasteiger partial charge is 0.472 e. The third kappa shape index (κ3) is 3.33. The van der Waals surface area contributed by atoms with Gasteiger partial charge in [0.05, 0.1) is 12.5 Å². The summed E-state index contributed by atoms with van der Waals surface area (Å²) in [4.78, 5) is 2.56. The molecular weight excluding hydrogens is 212 g/mol. The standard InChI is InChI=1S/C14H24N2O/c1-3-16(10-13-4-7-15-8-5-13)12(2)14-6-9-17-11-14/h6,9,11-13,15H,3-5,7-8,10H2,1-2H3. The molecule has 1 aliphatic rings. The van der Waals surface area contributed by atoms with Crippen molar-refractivity contribution in [1.82, 2.24) is 10.2 Å². The number of rotatable bonds is 5. The van der Waals surface area contributed by atoms with E-state index in [0.29, 0.717) is 6.04 Å². The van der Waals surface area contributed by atoms with E-state index in [1.54, 1.807) is 6.26 Å². The molecule has 1 atom stereocenters. The highest BCUT2D eigenvalue weighted by molar-refractivity contribution is 5.10. The summed E-state index contributed by atoms with van der Waals surface area (Å²) in [5.41, 5.74) is 1.29. The minimum atomic E-state index is 0.466. The summed E-state index contributed by atoms with van der Waals surface area (Å²) in [6.07, 6.45) is 6.27. The van der Waals surface area contributed by atoms with Crippen LogP contribution in [0.5, 0.6) is 0 Å². The fourth-order valence-corrected chi connectivity index (χ4v) is 2.68. The number of piperidine rings is 1. The van der Waals surface area contributed by atoms with Crippen LogP contribution in [0.15, 0.2) is 23.0 Å². The molecule has 0 radical (unpaired) electrons. The van der Waals surface area contributed by atoms with Crippen molar-refractivity contribution in [1.29, 1.82) is 0 Å². The second-order valence-electron chi connectivity index (χ2n) is 5.01. The Morgan fingerprint density at radius 3 is 2.82 bits per heavy atom.